The number of hydrogen-bond acceptors (Lipinski definition) is 5. The largest absolute Gasteiger partial charge is 0.489 e. The molecule has 0 unspecified atom stereocenters. The average Bonchev–Trinajstić information content (AvgIpc) is 3.39. The van der Waals surface area contributed by atoms with Gasteiger partial charge < -0.3 is 15.4 Å². The van der Waals surface area contributed by atoms with Gasteiger partial charge in [-0.15, -0.1) is 11.3 Å². The van der Waals surface area contributed by atoms with Gasteiger partial charge in [-0.3, -0.25) is 9.69 Å². The van der Waals surface area contributed by atoms with Gasteiger partial charge in [0, 0.05) is 35.3 Å². The van der Waals surface area contributed by atoms with Crippen molar-refractivity contribution in [2.24, 2.45) is 0 Å². The van der Waals surface area contributed by atoms with Gasteiger partial charge in [0.05, 0.1) is 10.9 Å². The zero-order valence-electron chi connectivity index (χ0n) is 22.7. The van der Waals surface area contributed by atoms with Crippen LogP contribution in [0.4, 0.5) is 0 Å². The van der Waals surface area contributed by atoms with E-state index >= 15 is 0 Å². The maximum absolute atomic E-state index is 13.0. The summed E-state index contributed by atoms with van der Waals surface area (Å²) >= 11 is 5.46. The Morgan fingerprint density at radius 3 is 2.55 bits per heavy atom. The van der Waals surface area contributed by atoms with E-state index < -0.39 is 0 Å². The molecule has 5 nitrogen and oxygen atoms in total. The van der Waals surface area contributed by atoms with Gasteiger partial charge in [-0.1, -0.05) is 54.6 Å². The van der Waals surface area contributed by atoms with E-state index in [0.717, 1.165) is 73.5 Å². The number of fused-ring (bicyclic) bond motifs is 1. The van der Waals surface area contributed by atoms with E-state index in [4.69, 9.17) is 4.74 Å². The molecule has 7 heteroatoms. The Bertz CT molecular complexity index is 1440. The molecule has 0 bridgehead atoms. The molecule has 208 valence electrons. The fourth-order valence-corrected chi connectivity index (χ4v) is 7.52. The lowest BCUT2D eigenvalue weighted by atomic mass is 10.0. The minimum atomic E-state index is 0.125. The predicted molar refractivity (Wildman–Crippen MR) is 168 cm³/mol. The number of nitrogens with zero attached hydrogens (tertiary/aromatic N) is 1. The highest BCUT2D eigenvalue weighted by Gasteiger charge is 2.22. The summed E-state index contributed by atoms with van der Waals surface area (Å²) in [7, 11) is 0. The molecule has 3 heterocycles. The molecule has 0 saturated carbocycles. The van der Waals surface area contributed by atoms with Crippen molar-refractivity contribution >= 4 is 43.3 Å². The van der Waals surface area contributed by atoms with Crippen LogP contribution in [0.1, 0.15) is 36.1 Å². The van der Waals surface area contributed by atoms with Crippen molar-refractivity contribution in [3.63, 3.8) is 0 Å². The first kappa shape index (κ1) is 27.5. The fraction of sp³-hybridized carbons (Fsp3) is 0.364. The Kier molecular flexibility index (Phi) is 8.83. The van der Waals surface area contributed by atoms with Gasteiger partial charge in [-0.25, -0.2) is 0 Å². The number of ether oxygens (including phenoxy) is 1. The normalized spacial score (nSPS) is 17.2. The first-order valence-electron chi connectivity index (χ1n) is 14.3. The molecular formula is C33H36BrN3O2S. The molecule has 0 spiro atoms. The maximum atomic E-state index is 13.0. The van der Waals surface area contributed by atoms with Gasteiger partial charge in [0.25, 0.3) is 0 Å². The average molecular weight is 619 g/mol. The van der Waals surface area contributed by atoms with Gasteiger partial charge in [0.2, 0.25) is 5.91 Å². The summed E-state index contributed by atoms with van der Waals surface area (Å²) in [6.07, 6.45) is 4.80. The molecule has 0 radical (unpaired) electrons. The van der Waals surface area contributed by atoms with E-state index in [2.05, 4.69) is 98.2 Å². The zero-order chi connectivity index (χ0) is 27.3. The molecule has 2 saturated heterocycles. The number of rotatable bonds is 8. The van der Waals surface area contributed by atoms with Crippen molar-refractivity contribution < 1.29 is 9.53 Å². The topological polar surface area (TPSA) is 53.6 Å². The number of thiophene rings is 1. The van der Waals surface area contributed by atoms with Gasteiger partial charge in [0.15, 0.2) is 0 Å². The Labute approximate surface area is 249 Å². The van der Waals surface area contributed by atoms with Crippen LogP contribution < -0.4 is 15.4 Å². The fourth-order valence-electron chi connectivity index (χ4n) is 5.81. The Morgan fingerprint density at radius 1 is 0.975 bits per heavy atom. The van der Waals surface area contributed by atoms with Gasteiger partial charge in [0.1, 0.15) is 11.9 Å². The lowest BCUT2D eigenvalue weighted by Gasteiger charge is -2.32. The molecule has 40 heavy (non-hydrogen) atoms. The molecular weight excluding hydrogens is 582 g/mol. The number of likely N-dealkylation sites (tertiary alicyclic amines) is 1. The van der Waals surface area contributed by atoms with Crippen molar-refractivity contribution in [2.45, 2.75) is 50.8 Å². The molecule has 2 aliphatic rings. The van der Waals surface area contributed by atoms with Gasteiger partial charge in [-0.2, -0.15) is 0 Å². The number of nitrogens with one attached hydrogen (secondary N) is 2. The third kappa shape index (κ3) is 6.77. The second kappa shape index (κ2) is 12.9. The maximum Gasteiger partial charge on any atom is 0.225 e. The van der Waals surface area contributed by atoms with Crippen molar-refractivity contribution in [3.05, 3.63) is 87.7 Å². The number of amides is 1. The van der Waals surface area contributed by atoms with Crippen LogP contribution >= 0.6 is 27.3 Å². The minimum absolute atomic E-state index is 0.125. The zero-order valence-corrected chi connectivity index (χ0v) is 25.1. The molecule has 6 rings (SSSR count). The van der Waals surface area contributed by atoms with Crippen molar-refractivity contribution in [2.75, 3.05) is 26.2 Å². The summed E-state index contributed by atoms with van der Waals surface area (Å²) in [5.74, 6) is 1.06. The Hall–Kier alpha value is -2.71. The standard InChI is InChI=1S/C33H36BrN3O2S/c34-30-19-23(9-10-31(30)39-27-11-15-35-16-12-27)22-37-17-13-26(14-18-37)36-32(38)21-28-20-25-7-4-8-29(33(25)40-28)24-5-2-1-3-6-24/h1-10,19-20,26-27,35H,11-18,21-22H2,(H,36,38). The van der Waals surface area contributed by atoms with Crippen LogP contribution in [-0.4, -0.2) is 49.1 Å². The van der Waals surface area contributed by atoms with E-state index in [1.165, 1.54) is 26.8 Å². The van der Waals surface area contributed by atoms with Gasteiger partial charge >= 0.3 is 0 Å². The first-order chi connectivity index (χ1) is 19.6. The van der Waals surface area contributed by atoms with Crippen LogP contribution in [0.15, 0.2) is 77.3 Å². The number of benzene rings is 3. The molecule has 0 atom stereocenters. The smallest absolute Gasteiger partial charge is 0.225 e. The minimum Gasteiger partial charge on any atom is -0.489 e. The highest BCUT2D eigenvalue weighted by atomic mass is 79.9. The molecule has 3 aromatic carbocycles. The molecule has 4 aromatic rings. The molecule has 1 amide bonds. The number of carbonyl (C=O) groups is 1. The summed E-state index contributed by atoms with van der Waals surface area (Å²) in [6.45, 7) is 4.94. The van der Waals surface area contributed by atoms with E-state index in [1.807, 2.05) is 6.07 Å². The van der Waals surface area contributed by atoms with Crippen molar-refractivity contribution in [1.82, 2.24) is 15.5 Å². The van der Waals surface area contributed by atoms with Crippen LogP contribution in [0.2, 0.25) is 0 Å². The summed E-state index contributed by atoms with van der Waals surface area (Å²) in [6, 6.07) is 25.8. The van der Waals surface area contributed by atoms with E-state index in [-0.39, 0.29) is 11.9 Å². The number of hydrogen-bond donors (Lipinski definition) is 2. The van der Waals surface area contributed by atoms with Crippen LogP contribution in [0.5, 0.6) is 5.75 Å². The summed E-state index contributed by atoms with van der Waals surface area (Å²) < 4.78 is 8.51. The summed E-state index contributed by atoms with van der Waals surface area (Å²) in [4.78, 5) is 16.6. The van der Waals surface area contributed by atoms with E-state index in [0.29, 0.717) is 12.5 Å². The highest BCUT2D eigenvalue weighted by Crippen LogP contribution is 2.35. The third-order valence-electron chi connectivity index (χ3n) is 7.95. The molecule has 2 N–H and O–H groups in total. The Balaban J connectivity index is 0.988. The SMILES string of the molecule is O=C(Cc1cc2cccc(-c3ccccc3)c2s1)NC1CCN(Cc2ccc(OC3CCNCC3)c(Br)c2)CC1. The molecule has 0 aliphatic carbocycles. The second-order valence-electron chi connectivity index (χ2n) is 10.9. The molecule has 1 aromatic heterocycles. The van der Waals surface area contributed by atoms with Crippen molar-refractivity contribution in [1.29, 1.82) is 0 Å². The third-order valence-corrected chi connectivity index (χ3v) is 9.75. The van der Waals surface area contributed by atoms with Crippen LogP contribution in [0.25, 0.3) is 21.2 Å². The second-order valence-corrected chi connectivity index (χ2v) is 12.9. The molecule has 2 fully saturated rings. The lowest BCUT2D eigenvalue weighted by molar-refractivity contribution is -0.121. The number of piperidine rings is 2. The summed E-state index contributed by atoms with van der Waals surface area (Å²) in [5.41, 5.74) is 3.73. The monoisotopic (exact) mass is 617 g/mol. The van der Waals surface area contributed by atoms with Crippen LogP contribution in [-0.2, 0) is 17.8 Å². The number of carbonyl (C=O) groups excluding carboxylic acids is 1. The summed E-state index contributed by atoms with van der Waals surface area (Å²) in [5, 5.41) is 7.90. The predicted octanol–water partition coefficient (Wildman–Crippen LogP) is 6.78. The number of halogens is 1. The lowest BCUT2D eigenvalue weighted by Crippen LogP contribution is -2.44. The Morgan fingerprint density at radius 2 is 1.77 bits per heavy atom. The van der Waals surface area contributed by atoms with Crippen LogP contribution in [0, 0.1) is 0 Å². The quantitative estimate of drug-likeness (QED) is 0.229. The van der Waals surface area contributed by atoms with Crippen molar-refractivity contribution in [3.8, 4) is 16.9 Å². The van der Waals surface area contributed by atoms with E-state index in [1.54, 1.807) is 11.3 Å². The van der Waals surface area contributed by atoms with E-state index in [9.17, 15) is 4.79 Å². The molecule has 2 aliphatic heterocycles. The highest BCUT2D eigenvalue weighted by molar-refractivity contribution is 9.10. The first-order valence-corrected chi connectivity index (χ1v) is 16.0. The van der Waals surface area contributed by atoms with Crippen LogP contribution in [0.3, 0.4) is 0 Å². The van der Waals surface area contributed by atoms with Gasteiger partial charge in [-0.05, 0) is 95.0 Å².